The number of hydrogen-bond donors (Lipinski definition) is 2. The first-order chi connectivity index (χ1) is 7.15. The fraction of sp³-hybridized carbons (Fsp3) is 0.100. The monoisotopic (exact) mass is 283 g/mol. The van der Waals surface area contributed by atoms with Crippen LogP contribution in [0.25, 0.3) is 0 Å². The number of hydrogen-bond acceptors (Lipinski definition) is 4. The number of benzene rings is 1. The van der Waals surface area contributed by atoms with Crippen LogP contribution in [-0.4, -0.2) is 4.98 Å². The van der Waals surface area contributed by atoms with Gasteiger partial charge < -0.3 is 11.1 Å². The molecule has 0 bridgehead atoms. The van der Waals surface area contributed by atoms with Gasteiger partial charge in [0.15, 0.2) is 5.13 Å². The van der Waals surface area contributed by atoms with Gasteiger partial charge >= 0.3 is 0 Å². The minimum atomic E-state index is 0.710. The van der Waals surface area contributed by atoms with E-state index in [1.54, 1.807) is 6.20 Å². The van der Waals surface area contributed by atoms with E-state index in [0.29, 0.717) is 5.00 Å². The zero-order valence-corrected chi connectivity index (χ0v) is 10.5. The first-order valence-corrected chi connectivity index (χ1v) is 6.00. The summed E-state index contributed by atoms with van der Waals surface area (Å²) >= 11 is 4.91. The van der Waals surface area contributed by atoms with Crippen molar-refractivity contribution in [1.29, 1.82) is 0 Å². The molecular weight excluding hydrogens is 274 g/mol. The maximum Gasteiger partial charge on any atom is 0.189 e. The lowest BCUT2D eigenvalue weighted by atomic mass is 10.2. The summed E-state index contributed by atoms with van der Waals surface area (Å²) in [5.74, 6) is 0. The molecule has 1 aromatic heterocycles. The Morgan fingerprint density at radius 1 is 1.47 bits per heavy atom. The van der Waals surface area contributed by atoms with Crippen LogP contribution >= 0.6 is 27.3 Å². The molecular formula is C10H10BrN3S. The Morgan fingerprint density at radius 2 is 2.27 bits per heavy atom. The fourth-order valence-electron chi connectivity index (χ4n) is 1.19. The molecule has 2 rings (SSSR count). The molecule has 0 radical (unpaired) electrons. The van der Waals surface area contributed by atoms with Crippen LogP contribution < -0.4 is 11.1 Å². The highest BCUT2D eigenvalue weighted by atomic mass is 79.9. The van der Waals surface area contributed by atoms with Gasteiger partial charge in [0.2, 0.25) is 0 Å². The molecule has 0 unspecified atom stereocenters. The second-order valence-corrected chi connectivity index (χ2v) is 5.09. The van der Waals surface area contributed by atoms with Crippen molar-refractivity contribution >= 4 is 43.1 Å². The van der Waals surface area contributed by atoms with Gasteiger partial charge in [-0.05, 0) is 40.5 Å². The molecule has 3 N–H and O–H groups in total. The van der Waals surface area contributed by atoms with Crippen molar-refractivity contribution in [3.05, 3.63) is 34.4 Å². The minimum Gasteiger partial charge on any atom is -0.389 e. The average Bonchev–Trinajstić information content (AvgIpc) is 2.58. The summed E-state index contributed by atoms with van der Waals surface area (Å²) in [4.78, 5) is 4.14. The maximum absolute atomic E-state index is 5.60. The summed E-state index contributed by atoms with van der Waals surface area (Å²) in [6.45, 7) is 2.05. The van der Waals surface area contributed by atoms with Crippen LogP contribution in [0.2, 0.25) is 0 Å². The zero-order chi connectivity index (χ0) is 10.8. The van der Waals surface area contributed by atoms with E-state index in [-0.39, 0.29) is 0 Å². The standard InChI is InChI=1S/C10H10BrN3S/c1-6-2-3-7(11)8(4-6)14-10-13-5-9(12)15-10/h2-5H,12H2,1H3,(H,13,14). The molecule has 78 valence electrons. The maximum atomic E-state index is 5.60. The van der Waals surface area contributed by atoms with E-state index in [9.17, 15) is 0 Å². The van der Waals surface area contributed by atoms with Crippen molar-refractivity contribution in [3.8, 4) is 0 Å². The first kappa shape index (κ1) is 10.4. The fourth-order valence-corrected chi connectivity index (χ4v) is 2.14. The molecule has 0 aliphatic rings. The van der Waals surface area contributed by atoms with Gasteiger partial charge in [-0.25, -0.2) is 4.98 Å². The smallest absolute Gasteiger partial charge is 0.189 e. The Balaban J connectivity index is 2.27. The highest BCUT2D eigenvalue weighted by molar-refractivity contribution is 9.10. The van der Waals surface area contributed by atoms with Crippen LogP contribution in [-0.2, 0) is 0 Å². The summed E-state index contributed by atoms with van der Waals surface area (Å²) in [7, 11) is 0. The number of thiazole rings is 1. The van der Waals surface area contributed by atoms with E-state index < -0.39 is 0 Å². The van der Waals surface area contributed by atoms with Gasteiger partial charge in [0.05, 0.1) is 11.9 Å². The number of halogens is 1. The van der Waals surface area contributed by atoms with E-state index in [1.165, 1.54) is 16.9 Å². The third-order valence-electron chi connectivity index (χ3n) is 1.89. The number of aromatic nitrogens is 1. The summed E-state index contributed by atoms with van der Waals surface area (Å²) in [6, 6.07) is 6.11. The number of rotatable bonds is 2. The van der Waals surface area contributed by atoms with E-state index in [2.05, 4.69) is 32.3 Å². The quantitative estimate of drug-likeness (QED) is 0.886. The Kier molecular flexibility index (Phi) is 2.93. The largest absolute Gasteiger partial charge is 0.389 e. The number of anilines is 3. The second kappa shape index (κ2) is 4.20. The van der Waals surface area contributed by atoms with E-state index in [1.807, 2.05) is 19.1 Å². The number of nitrogen functional groups attached to an aromatic ring is 1. The number of aryl methyl sites for hydroxylation is 1. The Labute approximate surface area is 100 Å². The van der Waals surface area contributed by atoms with Gasteiger partial charge in [-0.3, -0.25) is 0 Å². The Morgan fingerprint density at radius 3 is 2.93 bits per heavy atom. The molecule has 0 saturated carbocycles. The third kappa shape index (κ3) is 2.49. The SMILES string of the molecule is Cc1ccc(Br)c(Nc2ncc(N)s2)c1. The molecule has 1 aromatic carbocycles. The minimum absolute atomic E-state index is 0.710. The van der Waals surface area contributed by atoms with Crippen LogP contribution in [0, 0.1) is 6.92 Å². The van der Waals surface area contributed by atoms with Crippen molar-refractivity contribution in [2.45, 2.75) is 6.92 Å². The van der Waals surface area contributed by atoms with Gasteiger partial charge in [-0.1, -0.05) is 17.4 Å². The van der Waals surface area contributed by atoms with Gasteiger partial charge in [0.25, 0.3) is 0 Å². The van der Waals surface area contributed by atoms with Crippen LogP contribution in [0.3, 0.4) is 0 Å². The van der Waals surface area contributed by atoms with Gasteiger partial charge in [0, 0.05) is 4.47 Å². The van der Waals surface area contributed by atoms with E-state index in [0.717, 1.165) is 15.3 Å². The van der Waals surface area contributed by atoms with Crippen molar-refractivity contribution in [2.75, 3.05) is 11.1 Å². The summed E-state index contributed by atoms with van der Waals surface area (Å²) in [6.07, 6.45) is 1.65. The predicted octanol–water partition coefficient (Wildman–Crippen LogP) is 3.54. The number of nitrogens with two attached hydrogens (primary N) is 1. The molecule has 5 heteroatoms. The van der Waals surface area contributed by atoms with Crippen LogP contribution in [0.15, 0.2) is 28.9 Å². The normalized spacial score (nSPS) is 10.3. The number of nitrogens with one attached hydrogen (secondary N) is 1. The van der Waals surface area contributed by atoms with Crippen LogP contribution in [0.4, 0.5) is 15.8 Å². The molecule has 0 saturated heterocycles. The number of nitrogens with zero attached hydrogens (tertiary/aromatic N) is 1. The molecule has 2 aromatic rings. The van der Waals surface area contributed by atoms with Crippen molar-refractivity contribution in [2.24, 2.45) is 0 Å². The van der Waals surface area contributed by atoms with Crippen LogP contribution in [0.5, 0.6) is 0 Å². The third-order valence-corrected chi connectivity index (χ3v) is 3.32. The van der Waals surface area contributed by atoms with E-state index in [4.69, 9.17) is 5.73 Å². The molecule has 3 nitrogen and oxygen atoms in total. The molecule has 0 atom stereocenters. The molecule has 0 spiro atoms. The van der Waals surface area contributed by atoms with Crippen molar-refractivity contribution < 1.29 is 0 Å². The molecule has 0 aliphatic heterocycles. The Hall–Kier alpha value is -1.07. The highest BCUT2D eigenvalue weighted by Gasteiger charge is 2.03. The lowest BCUT2D eigenvalue weighted by Crippen LogP contribution is -1.90. The van der Waals surface area contributed by atoms with Gasteiger partial charge in [-0.15, -0.1) is 0 Å². The average molecular weight is 284 g/mol. The summed E-state index contributed by atoms with van der Waals surface area (Å²) in [5, 5.41) is 4.73. The summed E-state index contributed by atoms with van der Waals surface area (Å²) < 4.78 is 1.02. The lowest BCUT2D eigenvalue weighted by Gasteiger charge is -2.06. The molecule has 0 amide bonds. The van der Waals surface area contributed by atoms with Crippen molar-refractivity contribution in [3.63, 3.8) is 0 Å². The zero-order valence-electron chi connectivity index (χ0n) is 8.12. The van der Waals surface area contributed by atoms with Crippen molar-refractivity contribution in [1.82, 2.24) is 4.98 Å². The van der Waals surface area contributed by atoms with E-state index >= 15 is 0 Å². The van der Waals surface area contributed by atoms with Crippen LogP contribution in [0.1, 0.15) is 5.56 Å². The molecule has 0 fully saturated rings. The van der Waals surface area contributed by atoms with Gasteiger partial charge in [-0.2, -0.15) is 0 Å². The Bertz CT molecular complexity index is 481. The second-order valence-electron chi connectivity index (χ2n) is 3.18. The summed E-state index contributed by atoms with van der Waals surface area (Å²) in [5.41, 5.74) is 7.81. The molecule has 1 heterocycles. The predicted molar refractivity (Wildman–Crippen MR) is 68.7 cm³/mol. The molecule has 15 heavy (non-hydrogen) atoms. The molecule has 0 aliphatic carbocycles. The lowest BCUT2D eigenvalue weighted by molar-refractivity contribution is 1.37. The topological polar surface area (TPSA) is 50.9 Å². The van der Waals surface area contributed by atoms with Gasteiger partial charge in [0.1, 0.15) is 5.00 Å². The highest BCUT2D eigenvalue weighted by Crippen LogP contribution is 2.29. The first-order valence-electron chi connectivity index (χ1n) is 4.39.